The molecule has 2 unspecified atom stereocenters. The average molecular weight is 265 g/mol. The van der Waals surface area contributed by atoms with Crippen LogP contribution in [0.4, 0.5) is 0 Å². The zero-order valence-corrected chi connectivity index (χ0v) is 12.0. The molecule has 0 spiro atoms. The molecule has 3 nitrogen and oxygen atoms in total. The minimum absolute atomic E-state index is 0.562. The second-order valence-electron chi connectivity index (χ2n) is 5.60. The van der Waals surface area contributed by atoms with Crippen LogP contribution in [0.5, 0.6) is 0 Å². The summed E-state index contributed by atoms with van der Waals surface area (Å²) in [5.74, 6) is 0.726. The van der Waals surface area contributed by atoms with Crippen molar-refractivity contribution in [2.24, 2.45) is 5.92 Å². The summed E-state index contributed by atoms with van der Waals surface area (Å²) in [7, 11) is 2.07. The predicted octanol–water partition coefficient (Wildman–Crippen LogP) is 2.67. The highest BCUT2D eigenvalue weighted by atomic mass is 32.1. The molecule has 18 heavy (non-hydrogen) atoms. The highest BCUT2D eigenvalue weighted by molar-refractivity contribution is 7.09. The van der Waals surface area contributed by atoms with Gasteiger partial charge in [-0.3, -0.25) is 4.90 Å². The summed E-state index contributed by atoms with van der Waals surface area (Å²) in [5, 5.41) is 6.85. The van der Waals surface area contributed by atoms with Gasteiger partial charge in [-0.15, -0.1) is 11.3 Å². The normalized spacial score (nSPS) is 30.3. The Hall–Kier alpha value is -0.450. The second kappa shape index (κ2) is 5.68. The molecule has 1 aromatic heterocycles. The Balaban J connectivity index is 1.86. The molecular formula is C14H23N3S. The third-order valence-corrected chi connectivity index (χ3v) is 5.08. The molecule has 1 N–H and O–H groups in total. The first-order chi connectivity index (χ1) is 8.90. The molecule has 4 heteroatoms. The summed E-state index contributed by atoms with van der Waals surface area (Å²) >= 11 is 1.84. The number of nitrogens with one attached hydrogen (secondary N) is 1. The molecule has 1 aliphatic heterocycles. The Labute approximate surface area is 114 Å². The van der Waals surface area contributed by atoms with Crippen LogP contribution in [0.15, 0.2) is 11.6 Å². The zero-order chi connectivity index (χ0) is 12.4. The molecule has 2 fully saturated rings. The van der Waals surface area contributed by atoms with Crippen LogP contribution in [0.1, 0.15) is 43.2 Å². The molecule has 2 atom stereocenters. The van der Waals surface area contributed by atoms with Crippen molar-refractivity contribution < 1.29 is 0 Å². The van der Waals surface area contributed by atoms with Crippen LogP contribution in [-0.2, 0) is 0 Å². The molecule has 0 bridgehead atoms. The van der Waals surface area contributed by atoms with Crippen molar-refractivity contribution in [2.45, 2.75) is 44.2 Å². The zero-order valence-electron chi connectivity index (χ0n) is 11.1. The fourth-order valence-corrected chi connectivity index (χ4v) is 4.13. The van der Waals surface area contributed by atoms with Crippen molar-refractivity contribution in [1.82, 2.24) is 15.2 Å². The van der Waals surface area contributed by atoms with Crippen molar-refractivity contribution in [1.29, 1.82) is 0 Å². The standard InChI is InChI=1S/C14H23N3S/c1-15-10-11-4-2-3-8-17(12-5-6-12)13(11)14-16-7-9-18-14/h7,9,11-13,15H,2-6,8,10H2,1H3. The Morgan fingerprint density at radius 1 is 1.39 bits per heavy atom. The van der Waals surface area contributed by atoms with Gasteiger partial charge in [-0.2, -0.15) is 0 Å². The van der Waals surface area contributed by atoms with Gasteiger partial charge in [0.2, 0.25) is 0 Å². The molecule has 2 aliphatic rings. The van der Waals surface area contributed by atoms with Gasteiger partial charge < -0.3 is 5.32 Å². The first-order valence-corrected chi connectivity index (χ1v) is 8.08. The lowest BCUT2D eigenvalue weighted by atomic mass is 9.94. The molecule has 1 aliphatic carbocycles. The van der Waals surface area contributed by atoms with Gasteiger partial charge >= 0.3 is 0 Å². The SMILES string of the molecule is CNCC1CCCCN(C2CC2)C1c1nccs1. The van der Waals surface area contributed by atoms with Crippen LogP contribution in [0.2, 0.25) is 0 Å². The largest absolute Gasteiger partial charge is 0.319 e. The molecular weight excluding hydrogens is 242 g/mol. The second-order valence-corrected chi connectivity index (χ2v) is 6.52. The van der Waals surface area contributed by atoms with Gasteiger partial charge in [0.1, 0.15) is 5.01 Å². The van der Waals surface area contributed by atoms with E-state index < -0.39 is 0 Å². The summed E-state index contributed by atoms with van der Waals surface area (Å²) in [6, 6.07) is 1.41. The first kappa shape index (κ1) is 12.6. The van der Waals surface area contributed by atoms with E-state index in [1.807, 2.05) is 17.5 Å². The lowest BCUT2D eigenvalue weighted by molar-refractivity contribution is 0.145. The van der Waals surface area contributed by atoms with Crippen molar-refractivity contribution >= 4 is 11.3 Å². The van der Waals surface area contributed by atoms with E-state index in [-0.39, 0.29) is 0 Å². The van der Waals surface area contributed by atoms with Crippen LogP contribution in [0.3, 0.4) is 0 Å². The van der Waals surface area contributed by atoms with Gasteiger partial charge in [-0.1, -0.05) is 6.42 Å². The molecule has 1 aromatic rings. The Morgan fingerprint density at radius 2 is 2.28 bits per heavy atom. The van der Waals surface area contributed by atoms with Crippen molar-refractivity contribution in [2.75, 3.05) is 20.1 Å². The maximum Gasteiger partial charge on any atom is 0.110 e. The number of rotatable bonds is 4. The lowest BCUT2D eigenvalue weighted by Crippen LogP contribution is -2.37. The number of aromatic nitrogens is 1. The Bertz CT molecular complexity index is 361. The summed E-state index contributed by atoms with van der Waals surface area (Å²) in [5.41, 5.74) is 0. The van der Waals surface area contributed by atoms with E-state index in [0.29, 0.717) is 6.04 Å². The highest BCUT2D eigenvalue weighted by Crippen LogP contribution is 2.42. The maximum absolute atomic E-state index is 4.62. The van der Waals surface area contributed by atoms with E-state index in [0.717, 1.165) is 18.5 Å². The predicted molar refractivity (Wildman–Crippen MR) is 75.9 cm³/mol. The number of likely N-dealkylation sites (tertiary alicyclic amines) is 1. The quantitative estimate of drug-likeness (QED) is 0.907. The smallest absolute Gasteiger partial charge is 0.110 e. The number of hydrogen-bond acceptors (Lipinski definition) is 4. The number of nitrogens with zero attached hydrogens (tertiary/aromatic N) is 2. The number of hydrogen-bond donors (Lipinski definition) is 1. The van der Waals surface area contributed by atoms with Gasteiger partial charge in [0, 0.05) is 17.6 Å². The molecule has 1 saturated heterocycles. The van der Waals surface area contributed by atoms with Crippen LogP contribution in [-0.4, -0.2) is 36.1 Å². The van der Waals surface area contributed by atoms with E-state index in [2.05, 4.69) is 27.6 Å². The molecule has 2 heterocycles. The molecule has 3 rings (SSSR count). The molecule has 0 radical (unpaired) electrons. The monoisotopic (exact) mass is 265 g/mol. The Morgan fingerprint density at radius 3 is 2.94 bits per heavy atom. The summed E-state index contributed by atoms with van der Waals surface area (Å²) < 4.78 is 0. The highest BCUT2D eigenvalue weighted by Gasteiger charge is 2.40. The van der Waals surface area contributed by atoms with Crippen molar-refractivity contribution in [3.05, 3.63) is 16.6 Å². The van der Waals surface area contributed by atoms with E-state index in [1.165, 1.54) is 43.7 Å². The molecule has 100 valence electrons. The van der Waals surface area contributed by atoms with Gasteiger partial charge in [0.15, 0.2) is 0 Å². The van der Waals surface area contributed by atoms with Gasteiger partial charge in [0.25, 0.3) is 0 Å². The van der Waals surface area contributed by atoms with Crippen LogP contribution in [0.25, 0.3) is 0 Å². The van der Waals surface area contributed by atoms with Gasteiger partial charge in [-0.05, 0) is 51.7 Å². The third-order valence-electron chi connectivity index (χ3n) is 4.23. The molecule has 0 aromatic carbocycles. The van der Waals surface area contributed by atoms with E-state index in [1.54, 1.807) is 0 Å². The van der Waals surface area contributed by atoms with Crippen molar-refractivity contribution in [3.63, 3.8) is 0 Å². The summed E-state index contributed by atoms with van der Waals surface area (Å²) in [4.78, 5) is 7.38. The van der Waals surface area contributed by atoms with E-state index >= 15 is 0 Å². The minimum Gasteiger partial charge on any atom is -0.319 e. The third kappa shape index (κ3) is 2.60. The van der Waals surface area contributed by atoms with Crippen LogP contribution in [0, 0.1) is 5.92 Å². The Kier molecular flexibility index (Phi) is 3.97. The first-order valence-electron chi connectivity index (χ1n) is 7.20. The fourth-order valence-electron chi connectivity index (χ4n) is 3.28. The minimum atomic E-state index is 0.562. The van der Waals surface area contributed by atoms with Crippen LogP contribution < -0.4 is 5.32 Å². The maximum atomic E-state index is 4.62. The average Bonchev–Trinajstić information content (AvgIpc) is 3.12. The summed E-state index contributed by atoms with van der Waals surface area (Å²) in [6.07, 6.45) is 8.83. The van der Waals surface area contributed by atoms with Crippen molar-refractivity contribution in [3.8, 4) is 0 Å². The lowest BCUT2D eigenvalue weighted by Gasteiger charge is -2.33. The van der Waals surface area contributed by atoms with E-state index in [4.69, 9.17) is 0 Å². The van der Waals surface area contributed by atoms with Gasteiger partial charge in [-0.25, -0.2) is 4.98 Å². The summed E-state index contributed by atoms with van der Waals surface area (Å²) in [6.45, 7) is 2.39. The molecule has 1 saturated carbocycles. The van der Waals surface area contributed by atoms with E-state index in [9.17, 15) is 0 Å². The van der Waals surface area contributed by atoms with Gasteiger partial charge in [0.05, 0.1) is 6.04 Å². The number of thiazole rings is 1. The topological polar surface area (TPSA) is 28.2 Å². The van der Waals surface area contributed by atoms with Crippen LogP contribution >= 0.6 is 11.3 Å². The fraction of sp³-hybridized carbons (Fsp3) is 0.786. The molecule has 0 amide bonds.